The number of hydrogen-bond acceptors (Lipinski definition) is 3. The molecule has 0 saturated heterocycles. The number of aliphatic hydroxyl groups is 1. The van der Waals surface area contributed by atoms with Gasteiger partial charge in [-0.15, -0.1) is 0 Å². The number of fused-ring (bicyclic) bond motifs is 1. The number of carbonyl (C=O) groups excluding carboxylic acids is 1. The second-order valence-electron chi connectivity index (χ2n) is 7.52. The Bertz CT molecular complexity index is 599. The van der Waals surface area contributed by atoms with Crippen LogP contribution < -0.4 is 5.32 Å². The molecule has 22 heavy (non-hydrogen) atoms. The highest BCUT2D eigenvalue weighted by Crippen LogP contribution is 2.60. The van der Waals surface area contributed by atoms with Gasteiger partial charge in [0.1, 0.15) is 11.5 Å². The minimum absolute atomic E-state index is 0.0401. The first-order chi connectivity index (χ1) is 10.5. The number of imidazole rings is 1. The van der Waals surface area contributed by atoms with Gasteiger partial charge in [-0.1, -0.05) is 0 Å². The summed E-state index contributed by atoms with van der Waals surface area (Å²) in [4.78, 5) is 17.0. The minimum atomic E-state index is -0.523. The van der Waals surface area contributed by atoms with Crippen LogP contribution >= 0.6 is 0 Å². The monoisotopic (exact) mass is 303 g/mol. The fourth-order valence-electron chi connectivity index (χ4n) is 4.27. The Hall–Kier alpha value is -1.36. The number of rotatable bonds is 4. The average Bonchev–Trinajstić information content (AvgIpc) is 3.14. The molecule has 0 aromatic carbocycles. The van der Waals surface area contributed by atoms with Gasteiger partial charge in [-0.3, -0.25) is 4.79 Å². The maximum atomic E-state index is 12.6. The van der Waals surface area contributed by atoms with E-state index >= 15 is 0 Å². The van der Waals surface area contributed by atoms with Crippen molar-refractivity contribution >= 4 is 5.91 Å². The average molecular weight is 303 g/mol. The van der Waals surface area contributed by atoms with Crippen LogP contribution in [-0.4, -0.2) is 32.7 Å². The number of aromatic nitrogens is 2. The van der Waals surface area contributed by atoms with E-state index in [-0.39, 0.29) is 11.3 Å². The molecule has 2 aliphatic carbocycles. The highest BCUT2D eigenvalue weighted by atomic mass is 16.3. The number of aryl methyl sites for hydroxylation is 1. The predicted molar refractivity (Wildman–Crippen MR) is 82.7 cm³/mol. The molecule has 4 rings (SSSR count). The Labute approximate surface area is 131 Å². The van der Waals surface area contributed by atoms with E-state index in [2.05, 4.69) is 21.8 Å². The van der Waals surface area contributed by atoms with Crippen molar-refractivity contribution < 1.29 is 9.90 Å². The zero-order valence-corrected chi connectivity index (χ0v) is 13.3. The number of amides is 1. The molecule has 1 aromatic heterocycles. The SMILES string of the molecule is C[C@H]1CCCc2ncc(C(=O)NCC3(C4(O)CCC4)CC3)n21. The first-order valence-corrected chi connectivity index (χ1v) is 8.61. The van der Waals surface area contributed by atoms with Crippen LogP contribution in [0.25, 0.3) is 0 Å². The molecule has 1 aliphatic heterocycles. The van der Waals surface area contributed by atoms with E-state index in [1.165, 1.54) is 0 Å². The summed E-state index contributed by atoms with van der Waals surface area (Å²) in [5, 5.41) is 13.7. The maximum absolute atomic E-state index is 12.6. The van der Waals surface area contributed by atoms with Crippen LogP contribution in [0.15, 0.2) is 6.20 Å². The van der Waals surface area contributed by atoms with E-state index in [0.29, 0.717) is 18.3 Å². The largest absolute Gasteiger partial charge is 0.389 e. The zero-order valence-electron chi connectivity index (χ0n) is 13.3. The smallest absolute Gasteiger partial charge is 0.269 e. The van der Waals surface area contributed by atoms with Crippen LogP contribution in [0.5, 0.6) is 0 Å². The molecular formula is C17H25N3O2. The summed E-state index contributed by atoms with van der Waals surface area (Å²) < 4.78 is 2.09. The van der Waals surface area contributed by atoms with Crippen molar-refractivity contribution in [3.05, 3.63) is 17.7 Å². The van der Waals surface area contributed by atoms with Gasteiger partial charge in [0.05, 0.1) is 11.8 Å². The Balaban J connectivity index is 1.46. The van der Waals surface area contributed by atoms with E-state index in [9.17, 15) is 9.90 Å². The van der Waals surface area contributed by atoms with Crippen molar-refractivity contribution in [3.8, 4) is 0 Å². The molecule has 2 fully saturated rings. The number of hydrogen-bond donors (Lipinski definition) is 2. The van der Waals surface area contributed by atoms with Gasteiger partial charge >= 0.3 is 0 Å². The summed E-state index contributed by atoms with van der Waals surface area (Å²) in [6.07, 6.45) is 9.88. The molecule has 2 heterocycles. The van der Waals surface area contributed by atoms with Crippen LogP contribution in [0.2, 0.25) is 0 Å². The molecular weight excluding hydrogens is 278 g/mol. The van der Waals surface area contributed by atoms with Gasteiger partial charge in [0, 0.05) is 24.4 Å². The maximum Gasteiger partial charge on any atom is 0.269 e. The molecule has 2 saturated carbocycles. The van der Waals surface area contributed by atoms with Gasteiger partial charge < -0.3 is 15.0 Å². The van der Waals surface area contributed by atoms with Gasteiger partial charge in [-0.05, 0) is 51.9 Å². The molecule has 5 heteroatoms. The standard InChI is InChI=1S/C17H25N3O2/c1-12-4-2-5-14-18-10-13(20(12)14)15(21)19-11-16(8-9-16)17(22)6-3-7-17/h10,12,22H,2-9,11H2,1H3,(H,19,21)/t12-/m0/s1. The van der Waals surface area contributed by atoms with Crippen LogP contribution in [-0.2, 0) is 6.42 Å². The lowest BCUT2D eigenvalue weighted by atomic mass is 9.69. The van der Waals surface area contributed by atoms with Gasteiger partial charge in [0.2, 0.25) is 0 Å². The molecule has 1 atom stereocenters. The molecule has 2 N–H and O–H groups in total. The zero-order chi connectivity index (χ0) is 15.4. The molecule has 0 radical (unpaired) electrons. The summed E-state index contributed by atoms with van der Waals surface area (Å²) >= 11 is 0. The van der Waals surface area contributed by atoms with Crippen LogP contribution in [0, 0.1) is 5.41 Å². The lowest BCUT2D eigenvalue weighted by Gasteiger charge is -2.44. The molecule has 120 valence electrons. The third-order valence-corrected chi connectivity index (χ3v) is 6.18. The number of carbonyl (C=O) groups is 1. The second kappa shape index (κ2) is 4.82. The fourth-order valence-corrected chi connectivity index (χ4v) is 4.27. The van der Waals surface area contributed by atoms with Crippen molar-refractivity contribution in [2.75, 3.05) is 6.54 Å². The topological polar surface area (TPSA) is 67.2 Å². The fraction of sp³-hybridized carbons (Fsp3) is 0.765. The highest BCUT2D eigenvalue weighted by Gasteiger charge is 2.60. The summed E-state index contributed by atoms with van der Waals surface area (Å²) in [7, 11) is 0. The summed E-state index contributed by atoms with van der Waals surface area (Å²) in [6, 6.07) is 0.345. The van der Waals surface area contributed by atoms with Crippen molar-refractivity contribution in [2.24, 2.45) is 5.41 Å². The summed E-state index contributed by atoms with van der Waals surface area (Å²) in [5.41, 5.74) is 0.0976. The Morgan fingerprint density at radius 1 is 1.41 bits per heavy atom. The van der Waals surface area contributed by atoms with E-state index in [1.54, 1.807) is 6.20 Å². The first kappa shape index (κ1) is 14.2. The molecule has 1 aromatic rings. The van der Waals surface area contributed by atoms with Gasteiger partial charge in [0.25, 0.3) is 5.91 Å². The van der Waals surface area contributed by atoms with Crippen molar-refractivity contribution in [1.82, 2.24) is 14.9 Å². The Morgan fingerprint density at radius 3 is 2.82 bits per heavy atom. The normalized spacial score (nSPS) is 27.6. The quantitative estimate of drug-likeness (QED) is 0.896. The summed E-state index contributed by atoms with van der Waals surface area (Å²) in [5.74, 6) is 0.990. The minimum Gasteiger partial charge on any atom is -0.389 e. The van der Waals surface area contributed by atoms with Crippen LogP contribution in [0.4, 0.5) is 0 Å². The molecule has 5 nitrogen and oxygen atoms in total. The Kier molecular flexibility index (Phi) is 3.12. The molecule has 0 bridgehead atoms. The van der Waals surface area contributed by atoms with Crippen LogP contribution in [0.3, 0.4) is 0 Å². The van der Waals surface area contributed by atoms with Crippen molar-refractivity contribution in [2.45, 2.75) is 69.9 Å². The predicted octanol–water partition coefficient (Wildman–Crippen LogP) is 2.21. The number of nitrogens with one attached hydrogen (secondary N) is 1. The van der Waals surface area contributed by atoms with E-state index < -0.39 is 5.60 Å². The van der Waals surface area contributed by atoms with E-state index in [4.69, 9.17) is 0 Å². The van der Waals surface area contributed by atoms with Crippen molar-refractivity contribution in [1.29, 1.82) is 0 Å². The van der Waals surface area contributed by atoms with Gasteiger partial charge in [-0.25, -0.2) is 4.98 Å². The highest BCUT2D eigenvalue weighted by molar-refractivity contribution is 5.92. The third-order valence-electron chi connectivity index (χ3n) is 6.18. The second-order valence-corrected chi connectivity index (χ2v) is 7.52. The molecule has 0 unspecified atom stereocenters. The Morgan fingerprint density at radius 2 is 2.18 bits per heavy atom. The first-order valence-electron chi connectivity index (χ1n) is 8.61. The lowest BCUT2D eigenvalue weighted by Crippen LogP contribution is -2.51. The lowest BCUT2D eigenvalue weighted by molar-refractivity contribution is -0.0948. The van der Waals surface area contributed by atoms with Crippen molar-refractivity contribution in [3.63, 3.8) is 0 Å². The molecule has 1 amide bonds. The summed E-state index contributed by atoms with van der Waals surface area (Å²) in [6.45, 7) is 2.75. The van der Waals surface area contributed by atoms with Crippen LogP contribution in [0.1, 0.15) is 74.2 Å². The third kappa shape index (κ3) is 2.02. The molecule has 3 aliphatic rings. The van der Waals surface area contributed by atoms with Gasteiger partial charge in [-0.2, -0.15) is 0 Å². The van der Waals surface area contributed by atoms with Gasteiger partial charge in [0.15, 0.2) is 0 Å². The van der Waals surface area contributed by atoms with E-state index in [0.717, 1.165) is 57.2 Å². The van der Waals surface area contributed by atoms with E-state index in [1.807, 2.05) is 0 Å². The number of nitrogens with zero attached hydrogens (tertiary/aromatic N) is 2. The molecule has 0 spiro atoms.